The smallest absolute Gasteiger partial charge is 0.0320 e. The van der Waals surface area contributed by atoms with Crippen molar-refractivity contribution in [1.82, 2.24) is 10.2 Å². The Morgan fingerprint density at radius 3 is 2.72 bits per heavy atom. The molecule has 1 saturated carbocycles. The van der Waals surface area contributed by atoms with Gasteiger partial charge in [0.25, 0.3) is 0 Å². The minimum atomic E-state index is 0.567. The summed E-state index contributed by atoms with van der Waals surface area (Å²) >= 11 is 0. The summed E-state index contributed by atoms with van der Waals surface area (Å²) in [5, 5.41) is 3.67. The first kappa shape index (κ1) is 12.2. The molecule has 18 heavy (non-hydrogen) atoms. The van der Waals surface area contributed by atoms with Gasteiger partial charge in [-0.1, -0.05) is 30.3 Å². The molecule has 0 radical (unpaired) electrons. The standard InChI is InChI=1S/C16H24N2/c1-13(15-5-3-2-4-6-15)18-10-9-14(12-18)11-17-16-7-8-16/h2-6,13-14,16-17H,7-12H2,1H3/t13-,14-/m1/s1. The maximum Gasteiger partial charge on any atom is 0.0320 e. The zero-order valence-electron chi connectivity index (χ0n) is 11.3. The van der Waals surface area contributed by atoms with Gasteiger partial charge in [-0.2, -0.15) is 0 Å². The fourth-order valence-corrected chi connectivity index (χ4v) is 2.94. The molecular weight excluding hydrogens is 220 g/mol. The van der Waals surface area contributed by atoms with Gasteiger partial charge in [0, 0.05) is 18.6 Å². The van der Waals surface area contributed by atoms with E-state index in [4.69, 9.17) is 0 Å². The normalized spacial score (nSPS) is 26.4. The average molecular weight is 244 g/mol. The molecule has 1 heterocycles. The molecule has 0 aromatic heterocycles. The van der Waals surface area contributed by atoms with Crippen molar-refractivity contribution in [2.75, 3.05) is 19.6 Å². The molecule has 0 unspecified atom stereocenters. The Labute approximate surface area is 110 Å². The zero-order valence-corrected chi connectivity index (χ0v) is 11.3. The number of benzene rings is 1. The molecule has 2 heteroatoms. The maximum absolute atomic E-state index is 3.67. The average Bonchev–Trinajstić information content (AvgIpc) is 3.14. The summed E-state index contributed by atoms with van der Waals surface area (Å²) < 4.78 is 0. The van der Waals surface area contributed by atoms with E-state index in [1.807, 2.05) is 0 Å². The Morgan fingerprint density at radius 2 is 2.00 bits per heavy atom. The van der Waals surface area contributed by atoms with Crippen LogP contribution in [0.25, 0.3) is 0 Å². The van der Waals surface area contributed by atoms with Gasteiger partial charge in [-0.15, -0.1) is 0 Å². The molecule has 2 atom stereocenters. The van der Waals surface area contributed by atoms with Gasteiger partial charge in [-0.3, -0.25) is 4.90 Å². The summed E-state index contributed by atoms with van der Waals surface area (Å²) in [6, 6.07) is 12.3. The molecule has 2 aliphatic rings. The third-order valence-corrected chi connectivity index (χ3v) is 4.42. The van der Waals surface area contributed by atoms with Crippen LogP contribution in [0.3, 0.4) is 0 Å². The molecule has 1 aliphatic carbocycles. The van der Waals surface area contributed by atoms with Gasteiger partial charge in [0.1, 0.15) is 0 Å². The van der Waals surface area contributed by atoms with Gasteiger partial charge in [0.15, 0.2) is 0 Å². The fraction of sp³-hybridized carbons (Fsp3) is 0.625. The van der Waals surface area contributed by atoms with Crippen LogP contribution in [0.15, 0.2) is 30.3 Å². The van der Waals surface area contributed by atoms with Crippen LogP contribution in [-0.4, -0.2) is 30.6 Å². The van der Waals surface area contributed by atoms with Crippen molar-refractivity contribution in [2.45, 2.75) is 38.3 Å². The van der Waals surface area contributed by atoms with Crippen molar-refractivity contribution in [3.8, 4) is 0 Å². The molecule has 2 fully saturated rings. The maximum atomic E-state index is 3.67. The van der Waals surface area contributed by atoms with Crippen LogP contribution in [0.2, 0.25) is 0 Å². The molecule has 1 N–H and O–H groups in total. The highest BCUT2D eigenvalue weighted by atomic mass is 15.2. The zero-order chi connectivity index (χ0) is 12.4. The number of nitrogens with one attached hydrogen (secondary N) is 1. The van der Waals surface area contributed by atoms with Crippen LogP contribution in [-0.2, 0) is 0 Å². The minimum Gasteiger partial charge on any atom is -0.314 e. The lowest BCUT2D eigenvalue weighted by Gasteiger charge is -2.24. The van der Waals surface area contributed by atoms with Gasteiger partial charge >= 0.3 is 0 Å². The number of hydrogen-bond acceptors (Lipinski definition) is 2. The Hall–Kier alpha value is -0.860. The van der Waals surface area contributed by atoms with Crippen molar-refractivity contribution < 1.29 is 0 Å². The second kappa shape index (κ2) is 5.41. The third kappa shape index (κ3) is 2.93. The number of hydrogen-bond donors (Lipinski definition) is 1. The van der Waals surface area contributed by atoms with Crippen molar-refractivity contribution in [3.63, 3.8) is 0 Å². The van der Waals surface area contributed by atoms with Gasteiger partial charge < -0.3 is 5.32 Å². The lowest BCUT2D eigenvalue weighted by Crippen LogP contribution is -2.29. The van der Waals surface area contributed by atoms with E-state index < -0.39 is 0 Å². The molecule has 1 saturated heterocycles. The van der Waals surface area contributed by atoms with E-state index in [1.165, 1.54) is 44.5 Å². The van der Waals surface area contributed by atoms with Crippen LogP contribution < -0.4 is 5.32 Å². The molecular formula is C16H24N2. The van der Waals surface area contributed by atoms with E-state index >= 15 is 0 Å². The van der Waals surface area contributed by atoms with Gasteiger partial charge in [0.2, 0.25) is 0 Å². The van der Waals surface area contributed by atoms with E-state index in [0.29, 0.717) is 6.04 Å². The van der Waals surface area contributed by atoms with E-state index in [2.05, 4.69) is 47.5 Å². The highest BCUT2D eigenvalue weighted by Crippen LogP contribution is 2.27. The Balaban J connectivity index is 1.51. The molecule has 2 nitrogen and oxygen atoms in total. The molecule has 1 aliphatic heterocycles. The SMILES string of the molecule is C[C@H](c1ccccc1)N1CC[C@H](CNC2CC2)C1. The Bertz CT molecular complexity index is 372. The van der Waals surface area contributed by atoms with Gasteiger partial charge in [0.05, 0.1) is 0 Å². The van der Waals surface area contributed by atoms with Crippen LogP contribution in [0.1, 0.15) is 37.8 Å². The molecule has 3 rings (SSSR count). The topological polar surface area (TPSA) is 15.3 Å². The molecule has 1 aromatic carbocycles. The van der Waals surface area contributed by atoms with E-state index in [-0.39, 0.29) is 0 Å². The largest absolute Gasteiger partial charge is 0.314 e. The lowest BCUT2D eigenvalue weighted by molar-refractivity contribution is 0.251. The summed E-state index contributed by atoms with van der Waals surface area (Å²) in [6.45, 7) is 6.08. The van der Waals surface area contributed by atoms with E-state index in [0.717, 1.165) is 12.0 Å². The summed E-state index contributed by atoms with van der Waals surface area (Å²) in [4.78, 5) is 2.63. The molecule has 98 valence electrons. The van der Waals surface area contributed by atoms with E-state index in [1.54, 1.807) is 0 Å². The van der Waals surface area contributed by atoms with Crippen molar-refractivity contribution >= 4 is 0 Å². The van der Waals surface area contributed by atoms with Crippen LogP contribution in [0.5, 0.6) is 0 Å². The summed E-state index contributed by atoms with van der Waals surface area (Å²) in [5.41, 5.74) is 1.45. The fourth-order valence-electron chi connectivity index (χ4n) is 2.94. The highest BCUT2D eigenvalue weighted by Gasteiger charge is 2.28. The number of nitrogens with zero attached hydrogens (tertiary/aromatic N) is 1. The third-order valence-electron chi connectivity index (χ3n) is 4.42. The number of likely N-dealkylation sites (tertiary alicyclic amines) is 1. The van der Waals surface area contributed by atoms with Crippen molar-refractivity contribution in [3.05, 3.63) is 35.9 Å². The quantitative estimate of drug-likeness (QED) is 0.857. The molecule has 0 amide bonds. The van der Waals surface area contributed by atoms with Gasteiger partial charge in [-0.25, -0.2) is 0 Å². The van der Waals surface area contributed by atoms with Crippen LogP contribution >= 0.6 is 0 Å². The summed E-state index contributed by atoms with van der Waals surface area (Å²) in [6.07, 6.45) is 4.16. The second-order valence-corrected chi connectivity index (χ2v) is 5.92. The van der Waals surface area contributed by atoms with Gasteiger partial charge in [-0.05, 0) is 50.8 Å². The van der Waals surface area contributed by atoms with Crippen LogP contribution in [0, 0.1) is 5.92 Å². The molecule has 0 bridgehead atoms. The number of rotatable bonds is 5. The second-order valence-electron chi connectivity index (χ2n) is 5.92. The summed E-state index contributed by atoms with van der Waals surface area (Å²) in [7, 11) is 0. The Morgan fingerprint density at radius 1 is 1.22 bits per heavy atom. The predicted molar refractivity (Wildman–Crippen MR) is 75.6 cm³/mol. The predicted octanol–water partition coefficient (Wildman–Crippen LogP) is 2.82. The first-order valence-electron chi connectivity index (χ1n) is 7.35. The van der Waals surface area contributed by atoms with Crippen LogP contribution in [0.4, 0.5) is 0 Å². The van der Waals surface area contributed by atoms with Crippen molar-refractivity contribution in [1.29, 1.82) is 0 Å². The first-order valence-corrected chi connectivity index (χ1v) is 7.35. The molecule has 1 aromatic rings. The van der Waals surface area contributed by atoms with Crippen molar-refractivity contribution in [2.24, 2.45) is 5.92 Å². The Kier molecular flexibility index (Phi) is 3.67. The highest BCUT2D eigenvalue weighted by molar-refractivity contribution is 5.18. The first-order chi connectivity index (χ1) is 8.83. The van der Waals surface area contributed by atoms with E-state index in [9.17, 15) is 0 Å². The monoisotopic (exact) mass is 244 g/mol. The lowest BCUT2D eigenvalue weighted by atomic mass is 10.1. The summed E-state index contributed by atoms with van der Waals surface area (Å²) in [5.74, 6) is 0.858. The molecule has 0 spiro atoms. The minimum absolute atomic E-state index is 0.567.